The summed E-state index contributed by atoms with van der Waals surface area (Å²) in [6, 6.07) is 6.69. The van der Waals surface area contributed by atoms with Gasteiger partial charge in [-0.2, -0.15) is 18.2 Å². The summed E-state index contributed by atoms with van der Waals surface area (Å²) >= 11 is 2.15. The molecule has 0 aliphatic heterocycles. The Kier molecular flexibility index (Phi) is 11.0. The summed E-state index contributed by atoms with van der Waals surface area (Å²) in [5.41, 5.74) is 6.88. The fourth-order valence-corrected chi connectivity index (χ4v) is 2.38. The molecule has 0 unspecified atom stereocenters. The van der Waals surface area contributed by atoms with Crippen molar-refractivity contribution >= 4 is 34.4 Å². The van der Waals surface area contributed by atoms with Crippen molar-refractivity contribution in [3.63, 3.8) is 0 Å². The van der Waals surface area contributed by atoms with Crippen LogP contribution in [0.1, 0.15) is 17.1 Å². The number of aryl methyl sites for hydroxylation is 1. The molecule has 0 bridgehead atoms. The molecule has 0 aliphatic carbocycles. The van der Waals surface area contributed by atoms with Crippen LogP contribution >= 0.6 is 22.6 Å². The first-order valence-corrected chi connectivity index (χ1v) is 10.3. The van der Waals surface area contributed by atoms with Crippen molar-refractivity contribution in [2.75, 3.05) is 16.8 Å². The molecule has 0 amide bonds. The van der Waals surface area contributed by atoms with E-state index in [2.05, 4.69) is 53.1 Å². The van der Waals surface area contributed by atoms with Gasteiger partial charge in [0, 0.05) is 61.4 Å². The van der Waals surface area contributed by atoms with E-state index in [1.807, 2.05) is 4.93 Å². The molecule has 2 aromatic heterocycles. The van der Waals surface area contributed by atoms with Gasteiger partial charge in [0.15, 0.2) is 5.82 Å². The summed E-state index contributed by atoms with van der Waals surface area (Å²) in [7, 11) is 0. The molecule has 153 valence electrons. The molecule has 3 rings (SSSR count). The van der Waals surface area contributed by atoms with E-state index in [1.165, 1.54) is 18.2 Å². The van der Waals surface area contributed by atoms with E-state index < -0.39 is 11.7 Å². The maximum Gasteiger partial charge on any atom is 0.417 e. The van der Waals surface area contributed by atoms with Crippen molar-refractivity contribution in [2.24, 2.45) is 0 Å². The first kappa shape index (κ1) is 26.2. The largest absolute Gasteiger partial charge is 0.677 e. The van der Waals surface area contributed by atoms with Gasteiger partial charge in [0.2, 0.25) is 5.95 Å². The Hall–Kier alpha value is -0.838. The molecule has 0 atom stereocenters. The van der Waals surface area contributed by atoms with Crippen LogP contribution in [0.4, 0.5) is 24.9 Å². The summed E-state index contributed by atoms with van der Waals surface area (Å²) in [6.07, 6.45) is -4.24. The maximum atomic E-state index is 13.3. The Balaban J connectivity index is 0.00000136. The van der Waals surface area contributed by atoms with E-state index in [9.17, 15) is 13.2 Å². The number of aromatic amines is 1. The Labute approximate surface area is 215 Å². The normalized spacial score (nSPS) is 10.6. The predicted octanol–water partition coefficient (Wildman–Crippen LogP) is 4.98. The van der Waals surface area contributed by atoms with Crippen LogP contribution in [0.2, 0.25) is 0 Å². The molecule has 0 fully saturated rings. The van der Waals surface area contributed by atoms with Crippen molar-refractivity contribution in [3.05, 3.63) is 53.1 Å². The van der Waals surface area contributed by atoms with E-state index in [4.69, 9.17) is 5.73 Å². The molecule has 0 spiro atoms. The molecule has 2 heterocycles. The van der Waals surface area contributed by atoms with Crippen LogP contribution in [0.3, 0.4) is 0 Å². The number of H-pyrrole nitrogens is 1. The van der Waals surface area contributed by atoms with Gasteiger partial charge in [-0.25, -0.2) is 9.97 Å². The molecular formula is C17H18AcF3IN7-. The average molecular weight is 731 g/mol. The number of anilines is 2. The van der Waals surface area contributed by atoms with Crippen LogP contribution in [0, 0.1) is 51.0 Å². The van der Waals surface area contributed by atoms with Crippen LogP contribution < -0.4 is 5.32 Å². The monoisotopic (exact) mass is 731 g/mol. The molecule has 0 saturated heterocycles. The van der Waals surface area contributed by atoms with Crippen LogP contribution in [0.25, 0.3) is 17.1 Å². The van der Waals surface area contributed by atoms with Gasteiger partial charge in [0.1, 0.15) is 11.6 Å². The maximum absolute atomic E-state index is 13.3. The predicted molar refractivity (Wildman–Crippen MR) is 110 cm³/mol. The van der Waals surface area contributed by atoms with E-state index in [1.54, 1.807) is 13.0 Å². The van der Waals surface area contributed by atoms with Crippen molar-refractivity contribution in [1.29, 1.82) is 0 Å². The topological polar surface area (TPSA) is 103 Å². The summed E-state index contributed by atoms with van der Waals surface area (Å²) < 4.78 is 39.9. The Morgan fingerprint density at radius 2 is 1.83 bits per heavy atom. The van der Waals surface area contributed by atoms with Gasteiger partial charge in [-0.05, 0) is 24.3 Å². The zero-order valence-corrected chi connectivity index (χ0v) is 22.6. The Bertz CT molecular complexity index is 918. The van der Waals surface area contributed by atoms with Gasteiger partial charge >= 0.3 is 6.18 Å². The van der Waals surface area contributed by atoms with Gasteiger partial charge < -0.3 is 11.1 Å². The minimum absolute atomic E-state index is 0. The first-order chi connectivity index (χ1) is 13.4. The van der Waals surface area contributed by atoms with Gasteiger partial charge in [-0.3, -0.25) is 5.10 Å². The zero-order chi connectivity index (χ0) is 20.7. The third kappa shape index (κ3) is 7.41. The number of hydrogen-bond donors (Lipinski definition) is 2. The molecule has 1 radical (unpaired) electrons. The van der Waals surface area contributed by atoms with Crippen molar-refractivity contribution in [2.45, 2.75) is 19.5 Å². The summed E-state index contributed by atoms with van der Waals surface area (Å²) in [5.74, 6) is 1.01. The Morgan fingerprint density at radius 1 is 1.14 bits per heavy atom. The molecule has 12 heteroatoms. The van der Waals surface area contributed by atoms with E-state index in [0.29, 0.717) is 11.5 Å². The average Bonchev–Trinajstić information content (AvgIpc) is 3.07. The van der Waals surface area contributed by atoms with Gasteiger partial charge in [-0.1, -0.05) is 40.8 Å². The standard InChI is InChI=1S/C16H15F3N7.CH3I.Ac/c1-9-21-15(26-25-9)24-13-8-10(6-7-20)22-14(23-13)11-4-2-3-5-12(11)16(17,18)19;1-2;/h2-5,8,20H,6-7H2,1H3,(H2,21,22,23,24,25,26);1H3;/q-1;;. The number of nitrogens with one attached hydrogen (secondary N) is 3. The van der Waals surface area contributed by atoms with Crippen molar-refractivity contribution in [3.8, 4) is 11.4 Å². The second-order valence-electron chi connectivity index (χ2n) is 5.48. The van der Waals surface area contributed by atoms with Crippen molar-refractivity contribution in [1.82, 2.24) is 25.1 Å². The number of benzene rings is 1. The van der Waals surface area contributed by atoms with Crippen LogP contribution in [0.5, 0.6) is 0 Å². The van der Waals surface area contributed by atoms with Gasteiger partial charge in [0.25, 0.3) is 0 Å². The zero-order valence-electron chi connectivity index (χ0n) is 15.7. The molecule has 29 heavy (non-hydrogen) atoms. The number of aromatic nitrogens is 5. The van der Waals surface area contributed by atoms with E-state index in [0.717, 1.165) is 6.07 Å². The third-order valence-corrected chi connectivity index (χ3v) is 3.47. The van der Waals surface area contributed by atoms with Crippen LogP contribution in [-0.4, -0.2) is 36.6 Å². The number of halogens is 4. The van der Waals surface area contributed by atoms with Crippen molar-refractivity contribution < 1.29 is 57.2 Å². The number of alkyl halides is 4. The fraction of sp³-hybridized carbons (Fsp3) is 0.294. The SMILES string of the molecule is CI.Cc1nc(Nc2cc(CC[NH-])nc(-c3ccccc3C(F)(F)F)n2)n[nH]1.[Ac]. The van der Waals surface area contributed by atoms with Gasteiger partial charge in [-0.15, -0.1) is 11.6 Å². The minimum Gasteiger partial charge on any atom is -0.677 e. The smallest absolute Gasteiger partial charge is 0.417 e. The van der Waals surface area contributed by atoms with Gasteiger partial charge in [0.05, 0.1) is 5.56 Å². The second-order valence-corrected chi connectivity index (χ2v) is 5.48. The fourth-order valence-electron chi connectivity index (χ4n) is 2.38. The number of nitrogens with zero attached hydrogens (tertiary/aromatic N) is 4. The number of hydrogen-bond acceptors (Lipinski definition) is 5. The molecule has 3 aromatic rings. The van der Waals surface area contributed by atoms with E-state index >= 15 is 0 Å². The first-order valence-electron chi connectivity index (χ1n) is 8.10. The van der Waals surface area contributed by atoms with Crippen LogP contribution in [-0.2, 0) is 12.6 Å². The summed E-state index contributed by atoms with van der Waals surface area (Å²) in [5, 5.41) is 9.42. The molecule has 1 aromatic carbocycles. The summed E-state index contributed by atoms with van der Waals surface area (Å²) in [6.45, 7) is 1.77. The molecule has 0 saturated carbocycles. The Morgan fingerprint density at radius 3 is 2.41 bits per heavy atom. The summed E-state index contributed by atoms with van der Waals surface area (Å²) in [4.78, 5) is 14.4. The molecule has 3 N–H and O–H groups in total. The molecule has 0 aliphatic rings. The molecule has 7 nitrogen and oxygen atoms in total. The number of rotatable bonds is 5. The molecular weight excluding hydrogens is 713 g/mol. The third-order valence-electron chi connectivity index (χ3n) is 3.47. The second kappa shape index (κ2) is 12.1. The quantitative estimate of drug-likeness (QED) is 0.285. The van der Waals surface area contributed by atoms with Crippen LogP contribution in [0.15, 0.2) is 30.3 Å². The minimum atomic E-state index is -4.53. The van der Waals surface area contributed by atoms with E-state index in [-0.39, 0.29) is 80.2 Å².